The molecule has 2 rings (SSSR count). The van der Waals surface area contributed by atoms with Gasteiger partial charge in [0.2, 0.25) is 5.91 Å². The molecule has 1 aliphatic rings. The van der Waals surface area contributed by atoms with Gasteiger partial charge in [0.05, 0.1) is 13.0 Å². The molecule has 0 spiro atoms. The number of nitrogens with one attached hydrogen (secondary N) is 1. The molecule has 1 aliphatic heterocycles. The van der Waals surface area contributed by atoms with Gasteiger partial charge < -0.3 is 10.1 Å². The van der Waals surface area contributed by atoms with E-state index in [1.165, 1.54) is 4.90 Å². The molecule has 1 N–H and O–H groups in total. The summed E-state index contributed by atoms with van der Waals surface area (Å²) in [4.78, 5) is 25.7. The number of rotatable bonds is 6. The molecule has 5 heteroatoms. The Morgan fingerprint density at radius 1 is 1.29 bits per heavy atom. The highest BCUT2D eigenvalue weighted by atomic mass is 16.5. The van der Waals surface area contributed by atoms with Crippen LogP contribution in [0.15, 0.2) is 24.3 Å². The highest BCUT2D eigenvalue weighted by molar-refractivity contribution is 6.07. The van der Waals surface area contributed by atoms with Crippen LogP contribution in [-0.4, -0.2) is 35.4 Å². The van der Waals surface area contributed by atoms with Crippen molar-refractivity contribution in [3.63, 3.8) is 0 Å². The Kier molecular flexibility index (Phi) is 4.83. The second-order valence-electron chi connectivity index (χ2n) is 5.22. The van der Waals surface area contributed by atoms with Gasteiger partial charge in [0.15, 0.2) is 0 Å². The lowest BCUT2D eigenvalue weighted by molar-refractivity contribution is -0.140. The van der Waals surface area contributed by atoms with Crippen LogP contribution in [0.25, 0.3) is 0 Å². The van der Waals surface area contributed by atoms with Crippen LogP contribution >= 0.6 is 0 Å². The van der Waals surface area contributed by atoms with E-state index >= 15 is 0 Å². The molecule has 1 fully saturated rings. The van der Waals surface area contributed by atoms with Gasteiger partial charge in [-0.25, -0.2) is 0 Å². The zero-order valence-electron chi connectivity index (χ0n) is 12.8. The Labute approximate surface area is 125 Å². The van der Waals surface area contributed by atoms with Crippen molar-refractivity contribution in [2.24, 2.45) is 0 Å². The molecule has 0 saturated carbocycles. The Morgan fingerprint density at radius 3 is 2.52 bits per heavy atom. The Bertz CT molecular complexity index is 513. The van der Waals surface area contributed by atoms with Crippen molar-refractivity contribution in [3.8, 4) is 5.75 Å². The monoisotopic (exact) mass is 290 g/mol. The van der Waals surface area contributed by atoms with Crippen molar-refractivity contribution in [2.45, 2.75) is 45.7 Å². The second kappa shape index (κ2) is 6.61. The van der Waals surface area contributed by atoms with Crippen LogP contribution in [0.5, 0.6) is 5.75 Å². The van der Waals surface area contributed by atoms with Gasteiger partial charge in [0.1, 0.15) is 11.8 Å². The quantitative estimate of drug-likeness (QED) is 0.817. The van der Waals surface area contributed by atoms with Gasteiger partial charge in [-0.3, -0.25) is 14.5 Å². The minimum Gasteiger partial charge on any atom is -0.494 e. The number of carbonyl (C=O) groups excluding carboxylic acids is 2. The lowest BCUT2D eigenvalue weighted by Crippen LogP contribution is -2.40. The lowest BCUT2D eigenvalue weighted by atomic mass is 10.2. The third-order valence-corrected chi connectivity index (χ3v) is 3.72. The number of benzene rings is 1. The summed E-state index contributed by atoms with van der Waals surface area (Å²) in [6.45, 7) is 6.41. The predicted octanol–water partition coefficient (Wildman–Crippen LogP) is 2.42. The molecule has 0 radical (unpaired) electrons. The largest absolute Gasteiger partial charge is 0.494 e. The lowest BCUT2D eigenvalue weighted by Gasteiger charge is -2.21. The van der Waals surface area contributed by atoms with Crippen LogP contribution in [0.4, 0.5) is 5.69 Å². The summed E-state index contributed by atoms with van der Waals surface area (Å²) in [5.41, 5.74) is 0.815. The number of carbonyl (C=O) groups is 2. The van der Waals surface area contributed by atoms with E-state index in [1.54, 1.807) is 0 Å². The molecule has 114 valence electrons. The molecule has 5 nitrogen and oxygen atoms in total. The Balaban J connectivity index is 2.03. The number of hydrogen-bond donors (Lipinski definition) is 1. The van der Waals surface area contributed by atoms with Gasteiger partial charge in [-0.2, -0.15) is 0 Å². The molecule has 1 heterocycles. The zero-order valence-corrected chi connectivity index (χ0v) is 12.8. The summed E-state index contributed by atoms with van der Waals surface area (Å²) in [5.74, 6) is 0.555. The molecule has 1 saturated heterocycles. The average molecular weight is 290 g/mol. The van der Waals surface area contributed by atoms with Crippen LogP contribution in [-0.2, 0) is 9.59 Å². The van der Waals surface area contributed by atoms with Crippen molar-refractivity contribution < 1.29 is 14.3 Å². The maximum Gasteiger partial charge on any atom is 0.252 e. The molecule has 2 amide bonds. The van der Waals surface area contributed by atoms with Crippen molar-refractivity contribution >= 4 is 17.5 Å². The molecule has 2 atom stereocenters. The molecule has 0 bridgehead atoms. The molecule has 21 heavy (non-hydrogen) atoms. The van der Waals surface area contributed by atoms with Crippen molar-refractivity contribution in [3.05, 3.63) is 24.3 Å². The van der Waals surface area contributed by atoms with Crippen LogP contribution in [0.1, 0.15) is 33.6 Å². The first-order valence-corrected chi connectivity index (χ1v) is 7.42. The molecule has 1 aromatic carbocycles. The minimum atomic E-state index is -0.468. The summed E-state index contributed by atoms with van der Waals surface area (Å²) in [6.07, 6.45) is 0.990. The van der Waals surface area contributed by atoms with Crippen molar-refractivity contribution in [1.29, 1.82) is 0 Å². The first-order valence-electron chi connectivity index (χ1n) is 7.42. The number of hydrogen-bond acceptors (Lipinski definition) is 4. The summed E-state index contributed by atoms with van der Waals surface area (Å²) in [6, 6.07) is 6.89. The summed E-state index contributed by atoms with van der Waals surface area (Å²) < 4.78 is 5.38. The number of imide groups is 1. The SMILES string of the molecule is CCOc1ccc(NC2CC(=O)N(C(C)CC)C2=O)cc1. The van der Waals surface area contributed by atoms with E-state index in [0.717, 1.165) is 17.9 Å². The molecule has 0 aliphatic carbocycles. The third kappa shape index (κ3) is 3.35. The number of anilines is 1. The molecular weight excluding hydrogens is 268 g/mol. The number of likely N-dealkylation sites (tertiary alicyclic amines) is 1. The second-order valence-corrected chi connectivity index (χ2v) is 5.22. The molecule has 0 aromatic heterocycles. The first kappa shape index (κ1) is 15.4. The minimum absolute atomic E-state index is 0.0443. The van der Waals surface area contributed by atoms with Gasteiger partial charge in [-0.15, -0.1) is 0 Å². The number of ether oxygens (including phenoxy) is 1. The van der Waals surface area contributed by atoms with E-state index in [2.05, 4.69) is 5.32 Å². The summed E-state index contributed by atoms with van der Waals surface area (Å²) >= 11 is 0. The molecular formula is C16H22N2O3. The fraction of sp³-hybridized carbons (Fsp3) is 0.500. The fourth-order valence-electron chi connectivity index (χ4n) is 2.42. The van der Waals surface area contributed by atoms with E-state index in [0.29, 0.717) is 6.61 Å². The number of amides is 2. The molecule has 1 aromatic rings. The van der Waals surface area contributed by atoms with Crippen LogP contribution in [0.2, 0.25) is 0 Å². The van der Waals surface area contributed by atoms with Crippen LogP contribution < -0.4 is 10.1 Å². The maximum absolute atomic E-state index is 12.3. The summed E-state index contributed by atoms with van der Waals surface area (Å²) in [7, 11) is 0. The van der Waals surface area contributed by atoms with E-state index in [4.69, 9.17) is 4.74 Å². The van der Waals surface area contributed by atoms with Gasteiger partial charge in [-0.05, 0) is 44.5 Å². The predicted molar refractivity (Wildman–Crippen MR) is 81.2 cm³/mol. The van der Waals surface area contributed by atoms with Crippen molar-refractivity contribution in [2.75, 3.05) is 11.9 Å². The summed E-state index contributed by atoms with van der Waals surface area (Å²) in [5, 5.41) is 3.13. The maximum atomic E-state index is 12.3. The third-order valence-electron chi connectivity index (χ3n) is 3.72. The van der Waals surface area contributed by atoms with Gasteiger partial charge in [0.25, 0.3) is 5.91 Å². The van der Waals surface area contributed by atoms with E-state index in [1.807, 2.05) is 45.0 Å². The van der Waals surface area contributed by atoms with E-state index in [-0.39, 0.29) is 24.3 Å². The smallest absolute Gasteiger partial charge is 0.252 e. The topological polar surface area (TPSA) is 58.6 Å². The fourth-order valence-corrected chi connectivity index (χ4v) is 2.42. The van der Waals surface area contributed by atoms with Crippen molar-refractivity contribution in [1.82, 2.24) is 4.90 Å². The first-order chi connectivity index (χ1) is 10.1. The van der Waals surface area contributed by atoms with Gasteiger partial charge in [-0.1, -0.05) is 6.92 Å². The molecule has 2 unspecified atom stereocenters. The zero-order chi connectivity index (χ0) is 15.4. The van der Waals surface area contributed by atoms with Crippen LogP contribution in [0, 0.1) is 0 Å². The standard InChI is InChI=1S/C16H22N2O3/c1-4-11(3)18-15(19)10-14(16(18)20)17-12-6-8-13(9-7-12)21-5-2/h6-9,11,14,17H,4-5,10H2,1-3H3. The van der Waals surface area contributed by atoms with E-state index in [9.17, 15) is 9.59 Å². The van der Waals surface area contributed by atoms with Gasteiger partial charge in [0, 0.05) is 11.7 Å². The van der Waals surface area contributed by atoms with E-state index < -0.39 is 6.04 Å². The highest BCUT2D eigenvalue weighted by Crippen LogP contribution is 2.23. The Hall–Kier alpha value is -2.04. The van der Waals surface area contributed by atoms with Gasteiger partial charge >= 0.3 is 0 Å². The van der Waals surface area contributed by atoms with Crippen LogP contribution in [0.3, 0.4) is 0 Å². The highest BCUT2D eigenvalue weighted by Gasteiger charge is 2.40. The average Bonchev–Trinajstić information content (AvgIpc) is 2.75. The Morgan fingerprint density at radius 2 is 1.95 bits per heavy atom. The number of nitrogens with zero attached hydrogens (tertiary/aromatic N) is 1. The normalized spacial score (nSPS) is 19.8.